The van der Waals surface area contributed by atoms with E-state index in [9.17, 15) is 19.2 Å². The number of hydrogen-bond donors (Lipinski definition) is 2. The number of halogens is 3. The number of ether oxygens (including phenoxy) is 1. The van der Waals surface area contributed by atoms with Crippen molar-refractivity contribution in [1.29, 1.82) is 0 Å². The van der Waals surface area contributed by atoms with E-state index in [2.05, 4.69) is 17.7 Å². The first-order valence-corrected chi connectivity index (χ1v) is 10.0. The summed E-state index contributed by atoms with van der Waals surface area (Å²) >= 11 is 17.7. The number of benzene rings is 1. The molecule has 1 saturated heterocycles. The molecule has 1 heterocycles. The van der Waals surface area contributed by atoms with Crippen molar-refractivity contribution in [2.45, 2.75) is 38.1 Å². The van der Waals surface area contributed by atoms with Crippen LogP contribution in [0.4, 0.5) is 4.79 Å². The van der Waals surface area contributed by atoms with E-state index in [0.29, 0.717) is 23.8 Å². The van der Waals surface area contributed by atoms with Gasteiger partial charge in [0.25, 0.3) is 11.8 Å². The molecule has 11 heteroatoms. The number of carbonyl (C=O) groups excluding carboxylic acids is 4. The van der Waals surface area contributed by atoms with Crippen molar-refractivity contribution in [2.75, 3.05) is 6.61 Å². The van der Waals surface area contributed by atoms with Crippen LogP contribution in [-0.4, -0.2) is 41.0 Å². The molecule has 0 bridgehead atoms. The average Bonchev–Trinajstić information content (AvgIpc) is 2.90. The number of hydrogen-bond acceptors (Lipinski definition) is 5. The summed E-state index contributed by atoms with van der Waals surface area (Å²) in [5.74, 6) is -1.88. The Bertz CT molecular complexity index is 884. The SMILES string of the molecule is CC1CCC2(CC1)NC(=O)N(NC(=O)COC(=O)c1c(Cl)ccc(Cl)c1Cl)C2=O. The first-order valence-electron chi connectivity index (χ1n) is 8.91. The molecule has 4 amide bonds. The molecule has 1 aliphatic carbocycles. The minimum atomic E-state index is -0.991. The highest BCUT2D eigenvalue weighted by molar-refractivity contribution is 6.46. The van der Waals surface area contributed by atoms with Gasteiger partial charge in [-0.05, 0) is 43.7 Å². The van der Waals surface area contributed by atoms with E-state index in [-0.39, 0.29) is 20.6 Å². The highest BCUT2D eigenvalue weighted by Gasteiger charge is 2.52. The summed E-state index contributed by atoms with van der Waals surface area (Å²) in [6, 6.07) is 2.06. The lowest BCUT2D eigenvalue weighted by molar-refractivity contribution is -0.141. The second-order valence-corrected chi connectivity index (χ2v) is 8.36. The number of carbonyl (C=O) groups is 4. The van der Waals surface area contributed by atoms with E-state index >= 15 is 0 Å². The van der Waals surface area contributed by atoms with Gasteiger partial charge in [0.05, 0.1) is 20.6 Å². The third kappa shape index (κ3) is 4.29. The number of esters is 1. The zero-order valence-electron chi connectivity index (χ0n) is 15.4. The molecule has 1 aromatic rings. The fourth-order valence-electron chi connectivity index (χ4n) is 3.39. The molecule has 2 fully saturated rings. The molecule has 0 aromatic heterocycles. The fourth-order valence-corrected chi connectivity index (χ4v) is 4.07. The molecule has 2 aliphatic rings. The van der Waals surface area contributed by atoms with Crippen LogP contribution in [0.1, 0.15) is 43.0 Å². The Labute approximate surface area is 181 Å². The van der Waals surface area contributed by atoms with Crippen LogP contribution in [0.25, 0.3) is 0 Å². The minimum Gasteiger partial charge on any atom is -0.452 e. The van der Waals surface area contributed by atoms with Gasteiger partial charge in [0.2, 0.25) is 0 Å². The average molecular weight is 463 g/mol. The van der Waals surface area contributed by atoms with Gasteiger partial charge < -0.3 is 10.1 Å². The van der Waals surface area contributed by atoms with Crippen molar-refractivity contribution in [3.05, 3.63) is 32.8 Å². The van der Waals surface area contributed by atoms with Crippen LogP contribution in [0.3, 0.4) is 0 Å². The van der Waals surface area contributed by atoms with Crippen LogP contribution in [0, 0.1) is 5.92 Å². The van der Waals surface area contributed by atoms with Crippen molar-refractivity contribution >= 4 is 58.6 Å². The number of imide groups is 1. The van der Waals surface area contributed by atoms with E-state index in [4.69, 9.17) is 39.5 Å². The zero-order chi connectivity index (χ0) is 21.3. The Morgan fingerprint density at radius 3 is 2.48 bits per heavy atom. The van der Waals surface area contributed by atoms with Gasteiger partial charge in [-0.2, -0.15) is 5.01 Å². The van der Waals surface area contributed by atoms with Crippen LogP contribution in [0.2, 0.25) is 15.1 Å². The Morgan fingerprint density at radius 2 is 1.83 bits per heavy atom. The largest absolute Gasteiger partial charge is 0.452 e. The number of hydrazine groups is 1. The van der Waals surface area contributed by atoms with Crippen LogP contribution in [-0.2, 0) is 14.3 Å². The number of amides is 4. The third-order valence-electron chi connectivity index (χ3n) is 5.11. The van der Waals surface area contributed by atoms with Crippen LogP contribution in [0.5, 0.6) is 0 Å². The van der Waals surface area contributed by atoms with Crippen LogP contribution >= 0.6 is 34.8 Å². The number of nitrogens with zero attached hydrogens (tertiary/aromatic N) is 1. The summed E-state index contributed by atoms with van der Waals surface area (Å²) in [4.78, 5) is 49.2. The summed E-state index contributed by atoms with van der Waals surface area (Å²) in [5, 5.41) is 3.30. The lowest BCUT2D eigenvalue weighted by Gasteiger charge is -2.33. The van der Waals surface area contributed by atoms with Gasteiger partial charge in [-0.25, -0.2) is 9.59 Å². The molecule has 1 aliphatic heterocycles. The topological polar surface area (TPSA) is 105 Å². The van der Waals surface area contributed by atoms with Crippen LogP contribution < -0.4 is 10.7 Å². The quantitative estimate of drug-likeness (QED) is 0.406. The molecule has 0 atom stereocenters. The molecule has 0 radical (unpaired) electrons. The fraction of sp³-hybridized carbons (Fsp3) is 0.444. The van der Waals surface area contributed by atoms with Crippen LogP contribution in [0.15, 0.2) is 12.1 Å². The highest BCUT2D eigenvalue weighted by Crippen LogP contribution is 2.36. The second-order valence-electron chi connectivity index (χ2n) is 7.16. The molecule has 1 saturated carbocycles. The van der Waals surface area contributed by atoms with Crippen molar-refractivity contribution < 1.29 is 23.9 Å². The second kappa shape index (κ2) is 8.38. The number of nitrogens with one attached hydrogen (secondary N) is 2. The Balaban J connectivity index is 1.60. The summed E-state index contributed by atoms with van der Waals surface area (Å²) in [6.45, 7) is 1.33. The summed E-state index contributed by atoms with van der Waals surface area (Å²) in [7, 11) is 0. The molecule has 0 unspecified atom stereocenters. The maximum atomic E-state index is 12.7. The standard InChI is InChI=1S/C18H18Cl3N3O5/c1-9-4-6-18(7-5-9)16(27)24(17(28)22-18)23-12(25)8-29-15(26)13-10(19)2-3-11(20)14(13)21/h2-3,9H,4-8H2,1H3,(H,22,28)(H,23,25). The molecule has 3 rings (SSSR count). The van der Waals surface area contributed by atoms with E-state index < -0.39 is 36.0 Å². The van der Waals surface area contributed by atoms with E-state index in [1.165, 1.54) is 12.1 Å². The summed E-state index contributed by atoms with van der Waals surface area (Å²) in [6.07, 6.45) is 2.61. The molecule has 1 spiro atoms. The third-order valence-corrected chi connectivity index (χ3v) is 6.23. The molecule has 1 aromatic carbocycles. The first kappa shape index (κ1) is 21.7. The van der Waals surface area contributed by atoms with Gasteiger partial charge in [-0.3, -0.25) is 15.0 Å². The maximum absolute atomic E-state index is 12.7. The summed E-state index contributed by atoms with van der Waals surface area (Å²) < 4.78 is 4.89. The van der Waals surface area contributed by atoms with E-state index in [1.54, 1.807) is 0 Å². The van der Waals surface area contributed by atoms with Gasteiger partial charge in [-0.1, -0.05) is 41.7 Å². The normalized spacial score (nSPS) is 23.9. The Morgan fingerprint density at radius 1 is 1.21 bits per heavy atom. The predicted octanol–water partition coefficient (Wildman–Crippen LogP) is 3.34. The zero-order valence-corrected chi connectivity index (χ0v) is 17.7. The number of rotatable bonds is 4. The van der Waals surface area contributed by atoms with Crippen molar-refractivity contribution in [3.63, 3.8) is 0 Å². The van der Waals surface area contributed by atoms with E-state index in [0.717, 1.165) is 12.8 Å². The molecule has 2 N–H and O–H groups in total. The maximum Gasteiger partial charge on any atom is 0.344 e. The lowest BCUT2D eigenvalue weighted by atomic mass is 9.77. The van der Waals surface area contributed by atoms with Gasteiger partial charge in [0, 0.05) is 0 Å². The van der Waals surface area contributed by atoms with E-state index in [1.807, 2.05) is 0 Å². The summed E-state index contributed by atoms with van der Waals surface area (Å²) in [5.41, 5.74) is 1.000. The monoisotopic (exact) mass is 461 g/mol. The predicted molar refractivity (Wildman–Crippen MR) is 106 cm³/mol. The Hall–Kier alpha value is -2.03. The lowest BCUT2D eigenvalue weighted by Crippen LogP contribution is -2.52. The molecular weight excluding hydrogens is 445 g/mol. The Kier molecular flexibility index (Phi) is 6.26. The molecule has 29 heavy (non-hydrogen) atoms. The first-order chi connectivity index (χ1) is 13.6. The minimum absolute atomic E-state index is 0.00683. The molecule has 8 nitrogen and oxygen atoms in total. The van der Waals surface area contributed by atoms with Crippen molar-refractivity contribution in [1.82, 2.24) is 15.8 Å². The van der Waals surface area contributed by atoms with Gasteiger partial charge >= 0.3 is 12.0 Å². The van der Waals surface area contributed by atoms with Gasteiger partial charge in [0.15, 0.2) is 6.61 Å². The molecular formula is C18H18Cl3N3O5. The smallest absolute Gasteiger partial charge is 0.344 e. The molecule has 156 valence electrons. The van der Waals surface area contributed by atoms with Crippen molar-refractivity contribution in [2.24, 2.45) is 5.92 Å². The van der Waals surface area contributed by atoms with Gasteiger partial charge in [0.1, 0.15) is 5.54 Å². The van der Waals surface area contributed by atoms with Gasteiger partial charge in [-0.15, -0.1) is 0 Å². The number of urea groups is 1. The highest BCUT2D eigenvalue weighted by atomic mass is 35.5. The van der Waals surface area contributed by atoms with Crippen molar-refractivity contribution in [3.8, 4) is 0 Å².